The van der Waals surface area contributed by atoms with Crippen molar-refractivity contribution in [2.75, 3.05) is 0 Å². The predicted octanol–water partition coefficient (Wildman–Crippen LogP) is 2.96. The molecule has 6 nitrogen and oxygen atoms in total. The number of hydrogen-bond acceptors (Lipinski definition) is 4. The molecule has 3 rings (SSSR count). The number of primary amides is 1. The van der Waals surface area contributed by atoms with Gasteiger partial charge in [-0.05, 0) is 47.5 Å². The minimum absolute atomic E-state index is 0.236. The van der Waals surface area contributed by atoms with Gasteiger partial charge >= 0.3 is 0 Å². The van der Waals surface area contributed by atoms with Crippen molar-refractivity contribution < 1.29 is 14.3 Å². The number of rotatable bonds is 8. The molecule has 0 saturated heterocycles. The van der Waals surface area contributed by atoms with Gasteiger partial charge in [0, 0.05) is 12.0 Å². The highest BCUT2D eigenvalue weighted by Crippen LogP contribution is 2.17. The molecule has 0 bridgehead atoms. The second-order valence-electron chi connectivity index (χ2n) is 6.74. The molecular weight excluding hydrogens is 378 g/mol. The van der Waals surface area contributed by atoms with Crippen LogP contribution >= 0.6 is 0 Å². The zero-order chi connectivity index (χ0) is 21.3. The van der Waals surface area contributed by atoms with Gasteiger partial charge in [0.2, 0.25) is 5.91 Å². The summed E-state index contributed by atoms with van der Waals surface area (Å²) in [4.78, 5) is 24.3. The van der Waals surface area contributed by atoms with E-state index in [1.807, 2.05) is 60.7 Å². The van der Waals surface area contributed by atoms with Crippen LogP contribution in [0.2, 0.25) is 0 Å². The number of hydrogen-bond donors (Lipinski definition) is 2. The molecule has 0 aromatic heterocycles. The van der Waals surface area contributed by atoms with Crippen LogP contribution in [-0.2, 0) is 17.8 Å². The topological polar surface area (TPSA) is 105 Å². The minimum atomic E-state index is -0.877. The summed E-state index contributed by atoms with van der Waals surface area (Å²) in [6.45, 7) is 0.430. The summed E-state index contributed by atoms with van der Waals surface area (Å²) < 4.78 is 5.82. The average molecular weight is 399 g/mol. The molecule has 6 heteroatoms. The first-order valence-corrected chi connectivity index (χ1v) is 9.41. The molecule has 0 saturated carbocycles. The summed E-state index contributed by atoms with van der Waals surface area (Å²) >= 11 is 0. The number of nitrogens with two attached hydrogens (primary N) is 1. The standard InChI is InChI=1S/C24H21N3O3/c25-15-17-9-11-20(12-10-17)24(29)27-22(23(26)28)14-19-7-4-8-21(13-19)30-16-18-5-2-1-3-6-18/h1-13,22H,14,16H2,(H2,26,28)(H,27,29)/t22-/m0/s1. The molecule has 0 heterocycles. The Bertz CT molecular complexity index is 1060. The highest BCUT2D eigenvalue weighted by atomic mass is 16.5. The first-order chi connectivity index (χ1) is 14.5. The summed E-state index contributed by atoms with van der Waals surface area (Å²) in [6.07, 6.45) is 0.236. The lowest BCUT2D eigenvalue weighted by Gasteiger charge is -2.16. The van der Waals surface area contributed by atoms with Crippen molar-refractivity contribution in [3.63, 3.8) is 0 Å². The molecule has 0 unspecified atom stereocenters. The van der Waals surface area contributed by atoms with Crippen LogP contribution < -0.4 is 15.8 Å². The Morgan fingerprint density at radius 2 is 1.67 bits per heavy atom. The van der Waals surface area contributed by atoms with E-state index >= 15 is 0 Å². The largest absolute Gasteiger partial charge is 0.489 e. The maximum atomic E-state index is 12.4. The lowest BCUT2D eigenvalue weighted by atomic mass is 10.0. The van der Waals surface area contributed by atoms with Gasteiger partial charge in [0.25, 0.3) is 5.91 Å². The van der Waals surface area contributed by atoms with Gasteiger partial charge < -0.3 is 15.8 Å². The van der Waals surface area contributed by atoms with E-state index in [9.17, 15) is 9.59 Å². The van der Waals surface area contributed by atoms with Gasteiger partial charge in [-0.15, -0.1) is 0 Å². The molecule has 0 aliphatic heterocycles. The SMILES string of the molecule is N#Cc1ccc(C(=O)N[C@@H](Cc2cccc(OCc3ccccc3)c2)C(N)=O)cc1. The zero-order valence-electron chi connectivity index (χ0n) is 16.2. The molecule has 0 fully saturated rings. The van der Waals surface area contributed by atoms with Gasteiger partial charge in [-0.1, -0.05) is 42.5 Å². The van der Waals surface area contributed by atoms with E-state index in [0.717, 1.165) is 11.1 Å². The van der Waals surface area contributed by atoms with Crippen molar-refractivity contribution in [2.24, 2.45) is 5.73 Å². The Morgan fingerprint density at radius 3 is 2.33 bits per heavy atom. The van der Waals surface area contributed by atoms with Crippen LogP contribution in [0.15, 0.2) is 78.9 Å². The Kier molecular flexibility index (Phi) is 6.80. The fraction of sp³-hybridized carbons (Fsp3) is 0.125. The van der Waals surface area contributed by atoms with Crippen molar-refractivity contribution in [2.45, 2.75) is 19.1 Å². The molecule has 3 N–H and O–H groups in total. The van der Waals surface area contributed by atoms with E-state index < -0.39 is 17.9 Å². The Balaban J connectivity index is 1.65. The molecule has 3 aromatic rings. The van der Waals surface area contributed by atoms with Gasteiger partial charge in [0.05, 0.1) is 11.6 Å². The lowest BCUT2D eigenvalue weighted by Crippen LogP contribution is -2.45. The molecule has 0 radical (unpaired) electrons. The monoisotopic (exact) mass is 399 g/mol. The highest BCUT2D eigenvalue weighted by Gasteiger charge is 2.20. The van der Waals surface area contributed by atoms with Crippen LogP contribution in [0, 0.1) is 11.3 Å². The highest BCUT2D eigenvalue weighted by molar-refractivity contribution is 5.97. The van der Waals surface area contributed by atoms with E-state index in [1.54, 1.807) is 12.1 Å². The second-order valence-corrected chi connectivity index (χ2v) is 6.74. The summed E-state index contributed by atoms with van der Waals surface area (Å²) in [5.41, 5.74) is 8.16. The van der Waals surface area contributed by atoms with Gasteiger partial charge in [-0.25, -0.2) is 0 Å². The normalized spacial score (nSPS) is 11.2. The Labute approximate surface area is 174 Å². The summed E-state index contributed by atoms with van der Waals surface area (Å²) in [5.74, 6) is -0.398. The molecule has 0 aliphatic rings. The number of ether oxygens (including phenoxy) is 1. The zero-order valence-corrected chi connectivity index (χ0v) is 16.2. The summed E-state index contributed by atoms with van der Waals surface area (Å²) in [7, 11) is 0. The smallest absolute Gasteiger partial charge is 0.251 e. The van der Waals surface area contributed by atoms with Gasteiger partial charge in [-0.2, -0.15) is 5.26 Å². The number of nitriles is 1. The van der Waals surface area contributed by atoms with Crippen molar-refractivity contribution in [3.8, 4) is 11.8 Å². The molecule has 30 heavy (non-hydrogen) atoms. The van der Waals surface area contributed by atoms with E-state index in [2.05, 4.69) is 5.32 Å². The first kappa shape index (κ1) is 20.6. The van der Waals surface area contributed by atoms with Crippen LogP contribution in [0.1, 0.15) is 27.0 Å². The summed E-state index contributed by atoms with van der Waals surface area (Å²) in [5, 5.41) is 11.5. The predicted molar refractivity (Wildman–Crippen MR) is 113 cm³/mol. The summed E-state index contributed by atoms with van der Waals surface area (Å²) in [6, 6.07) is 24.4. The van der Waals surface area contributed by atoms with E-state index in [-0.39, 0.29) is 6.42 Å². The molecule has 2 amide bonds. The van der Waals surface area contributed by atoms with Crippen molar-refractivity contribution in [3.05, 3.63) is 101 Å². The van der Waals surface area contributed by atoms with E-state index in [0.29, 0.717) is 23.5 Å². The number of nitrogens with one attached hydrogen (secondary N) is 1. The third-order valence-electron chi connectivity index (χ3n) is 4.51. The number of amides is 2. The quantitative estimate of drug-likeness (QED) is 0.607. The average Bonchev–Trinajstić information content (AvgIpc) is 2.78. The lowest BCUT2D eigenvalue weighted by molar-refractivity contribution is -0.119. The van der Waals surface area contributed by atoms with Gasteiger partial charge in [-0.3, -0.25) is 9.59 Å². The molecule has 150 valence electrons. The van der Waals surface area contributed by atoms with Crippen LogP contribution in [-0.4, -0.2) is 17.9 Å². The third-order valence-corrected chi connectivity index (χ3v) is 4.51. The number of carbonyl (C=O) groups excluding carboxylic acids is 2. The third kappa shape index (κ3) is 5.69. The van der Waals surface area contributed by atoms with Gasteiger partial charge in [0.1, 0.15) is 18.4 Å². The number of benzene rings is 3. The molecule has 0 spiro atoms. The molecule has 3 aromatic carbocycles. The fourth-order valence-corrected chi connectivity index (χ4v) is 2.90. The molecular formula is C24H21N3O3. The molecule has 0 aliphatic carbocycles. The fourth-order valence-electron chi connectivity index (χ4n) is 2.90. The maximum Gasteiger partial charge on any atom is 0.251 e. The maximum absolute atomic E-state index is 12.4. The van der Waals surface area contributed by atoms with Crippen LogP contribution in [0.4, 0.5) is 0 Å². The van der Waals surface area contributed by atoms with Crippen molar-refractivity contribution >= 4 is 11.8 Å². The van der Waals surface area contributed by atoms with Crippen LogP contribution in [0.3, 0.4) is 0 Å². The Morgan fingerprint density at radius 1 is 0.967 bits per heavy atom. The van der Waals surface area contributed by atoms with E-state index in [4.69, 9.17) is 15.7 Å². The second kappa shape index (κ2) is 9.89. The van der Waals surface area contributed by atoms with Crippen LogP contribution in [0.5, 0.6) is 5.75 Å². The molecule has 1 atom stereocenters. The minimum Gasteiger partial charge on any atom is -0.489 e. The number of nitrogens with zero attached hydrogens (tertiary/aromatic N) is 1. The van der Waals surface area contributed by atoms with Crippen molar-refractivity contribution in [1.29, 1.82) is 5.26 Å². The van der Waals surface area contributed by atoms with Gasteiger partial charge in [0.15, 0.2) is 0 Å². The van der Waals surface area contributed by atoms with E-state index in [1.165, 1.54) is 12.1 Å². The van der Waals surface area contributed by atoms with Crippen molar-refractivity contribution in [1.82, 2.24) is 5.32 Å². The Hall–Kier alpha value is -4.11. The first-order valence-electron chi connectivity index (χ1n) is 9.41. The number of carbonyl (C=O) groups is 2. The van der Waals surface area contributed by atoms with Crippen LogP contribution in [0.25, 0.3) is 0 Å².